The van der Waals surface area contributed by atoms with E-state index in [-0.39, 0.29) is 18.9 Å². The number of aliphatic imine (C=N–C) groups is 1. The number of allylic oxidation sites excluding steroid dienone is 1. The first-order valence-corrected chi connectivity index (χ1v) is 13.2. The summed E-state index contributed by atoms with van der Waals surface area (Å²) in [7, 11) is 1.56. The van der Waals surface area contributed by atoms with Gasteiger partial charge in [0.05, 0.1) is 43.6 Å². The molecule has 4 rings (SSSR count). The maximum absolute atomic E-state index is 13.1. The van der Waals surface area contributed by atoms with Crippen LogP contribution in [0.4, 0.5) is 0 Å². The molecule has 0 bridgehead atoms. The number of ether oxygens (including phenoxy) is 3. The minimum atomic E-state index is -0.427. The molecule has 1 aromatic rings. The number of methoxy groups -OCH3 is 1. The van der Waals surface area contributed by atoms with Crippen LogP contribution in [0, 0.1) is 0 Å². The fraction of sp³-hybridized carbons (Fsp3) is 0.500. The second-order valence-electron chi connectivity index (χ2n) is 8.77. The molecule has 0 saturated carbocycles. The molecule has 0 spiro atoms. The number of esters is 1. The highest BCUT2D eigenvalue weighted by Crippen LogP contribution is 2.44. The van der Waals surface area contributed by atoms with Gasteiger partial charge in [0.25, 0.3) is 0 Å². The Balaban J connectivity index is 1.44. The largest absolute Gasteiger partial charge is 0.460 e. The number of morpholine rings is 1. The van der Waals surface area contributed by atoms with Crippen LogP contribution in [0.15, 0.2) is 57.7 Å². The van der Waals surface area contributed by atoms with E-state index in [4.69, 9.17) is 14.2 Å². The van der Waals surface area contributed by atoms with Crippen LogP contribution in [0.3, 0.4) is 0 Å². The van der Waals surface area contributed by atoms with Crippen molar-refractivity contribution < 1.29 is 23.8 Å². The Morgan fingerprint density at radius 2 is 1.97 bits per heavy atom. The zero-order valence-electron chi connectivity index (χ0n) is 20.9. The zero-order valence-corrected chi connectivity index (χ0v) is 21.7. The third-order valence-corrected chi connectivity index (χ3v) is 7.16. The number of amides is 1. The number of amidine groups is 1. The fourth-order valence-corrected chi connectivity index (χ4v) is 5.42. The average molecular weight is 515 g/mol. The Labute approximate surface area is 216 Å². The van der Waals surface area contributed by atoms with Gasteiger partial charge in [-0.05, 0) is 30.9 Å². The molecule has 3 heterocycles. The average Bonchev–Trinajstić information content (AvgIpc) is 3.28. The molecule has 1 fully saturated rings. The Morgan fingerprint density at radius 3 is 2.72 bits per heavy atom. The van der Waals surface area contributed by atoms with Crippen molar-refractivity contribution in [1.29, 1.82) is 0 Å². The molecule has 3 aliphatic heterocycles. The van der Waals surface area contributed by atoms with Crippen LogP contribution in [0.25, 0.3) is 0 Å². The maximum atomic E-state index is 13.1. The molecule has 1 aromatic carbocycles. The number of rotatable bonds is 11. The highest BCUT2D eigenvalue weighted by molar-refractivity contribution is 8.16. The van der Waals surface area contributed by atoms with E-state index < -0.39 is 12.0 Å². The molecule has 194 valence electrons. The van der Waals surface area contributed by atoms with Gasteiger partial charge in [-0.15, -0.1) is 0 Å². The van der Waals surface area contributed by atoms with Crippen LogP contribution in [-0.4, -0.2) is 86.6 Å². The van der Waals surface area contributed by atoms with Crippen molar-refractivity contribution in [2.24, 2.45) is 4.99 Å². The lowest BCUT2D eigenvalue weighted by molar-refractivity contribution is -0.141. The maximum Gasteiger partial charge on any atom is 0.338 e. The third kappa shape index (κ3) is 6.56. The van der Waals surface area contributed by atoms with E-state index in [0.29, 0.717) is 24.4 Å². The minimum Gasteiger partial charge on any atom is -0.460 e. The minimum absolute atomic E-state index is 0.0487. The summed E-state index contributed by atoms with van der Waals surface area (Å²) >= 11 is 1.47. The van der Waals surface area contributed by atoms with E-state index in [9.17, 15) is 9.59 Å². The lowest BCUT2D eigenvalue weighted by Gasteiger charge is -2.36. The van der Waals surface area contributed by atoms with Crippen LogP contribution in [-0.2, 0) is 23.8 Å². The van der Waals surface area contributed by atoms with E-state index in [1.165, 1.54) is 11.8 Å². The molecule has 0 unspecified atom stereocenters. The number of fused-ring (bicyclic) bond motifs is 1. The molecule has 0 aliphatic carbocycles. The van der Waals surface area contributed by atoms with Crippen LogP contribution in [0.2, 0.25) is 0 Å². The highest BCUT2D eigenvalue weighted by atomic mass is 32.2. The summed E-state index contributed by atoms with van der Waals surface area (Å²) in [5, 5.41) is 5.75. The van der Waals surface area contributed by atoms with Gasteiger partial charge < -0.3 is 24.4 Å². The standard InChI is InChI=1S/C26H34N4O5S/c1-19-23(25(32)35-16-15-33-2)24(20-7-4-3-5-8-20)30-21(18-36-26(30)28-19)17-22(31)27-9-6-10-29-11-13-34-14-12-29/h3-5,7-8,18,24H,6,9-17H2,1-2H3,(H,27,31)/t24-/m1/s1. The van der Waals surface area contributed by atoms with Crippen LogP contribution < -0.4 is 5.32 Å². The fourth-order valence-electron chi connectivity index (χ4n) is 4.46. The normalized spacial score (nSPS) is 20.1. The summed E-state index contributed by atoms with van der Waals surface area (Å²) < 4.78 is 15.9. The first kappa shape index (κ1) is 26.4. The summed E-state index contributed by atoms with van der Waals surface area (Å²) in [6.07, 6.45) is 1.10. The number of benzene rings is 1. The molecule has 1 saturated heterocycles. The van der Waals surface area contributed by atoms with Gasteiger partial charge in [0, 0.05) is 32.4 Å². The molecular weight excluding hydrogens is 480 g/mol. The Morgan fingerprint density at radius 1 is 1.19 bits per heavy atom. The van der Waals surface area contributed by atoms with Crippen LogP contribution >= 0.6 is 11.8 Å². The molecule has 0 radical (unpaired) electrons. The second kappa shape index (κ2) is 13.0. The van der Waals surface area contributed by atoms with Gasteiger partial charge in [-0.3, -0.25) is 9.69 Å². The van der Waals surface area contributed by atoms with Gasteiger partial charge in [0.15, 0.2) is 5.17 Å². The molecule has 10 heteroatoms. The summed E-state index contributed by atoms with van der Waals surface area (Å²) in [6.45, 7) is 7.31. The number of hydrogen-bond acceptors (Lipinski definition) is 9. The Kier molecular flexibility index (Phi) is 9.57. The van der Waals surface area contributed by atoms with E-state index >= 15 is 0 Å². The van der Waals surface area contributed by atoms with Crippen molar-refractivity contribution >= 4 is 28.8 Å². The van der Waals surface area contributed by atoms with Crippen molar-refractivity contribution in [2.45, 2.75) is 25.8 Å². The predicted molar refractivity (Wildman–Crippen MR) is 139 cm³/mol. The molecule has 9 nitrogen and oxygen atoms in total. The Bertz CT molecular complexity index is 1020. The molecular formula is C26H34N4O5S. The monoisotopic (exact) mass is 514 g/mol. The van der Waals surface area contributed by atoms with E-state index in [1.807, 2.05) is 47.6 Å². The molecule has 1 atom stereocenters. The first-order valence-electron chi connectivity index (χ1n) is 12.3. The number of nitrogens with zero attached hydrogens (tertiary/aromatic N) is 3. The van der Waals surface area contributed by atoms with Gasteiger partial charge in [-0.1, -0.05) is 42.1 Å². The Hall–Kier alpha value is -2.66. The molecule has 1 N–H and O–H groups in total. The van der Waals surface area contributed by atoms with Crippen LogP contribution in [0.1, 0.15) is 31.4 Å². The number of nitrogens with one attached hydrogen (secondary N) is 1. The molecule has 36 heavy (non-hydrogen) atoms. The second-order valence-corrected chi connectivity index (χ2v) is 9.60. The summed E-state index contributed by atoms with van der Waals surface area (Å²) in [6, 6.07) is 9.36. The number of carbonyl (C=O) groups excluding carboxylic acids is 2. The quantitative estimate of drug-likeness (QED) is 0.356. The van der Waals surface area contributed by atoms with Crippen molar-refractivity contribution in [1.82, 2.24) is 15.1 Å². The first-order chi connectivity index (χ1) is 17.6. The number of hydrogen-bond donors (Lipinski definition) is 1. The van der Waals surface area contributed by atoms with Crippen molar-refractivity contribution in [2.75, 3.05) is 59.7 Å². The summed E-state index contributed by atoms with van der Waals surface area (Å²) in [5.74, 6) is -0.475. The summed E-state index contributed by atoms with van der Waals surface area (Å²) in [4.78, 5) is 35.0. The van der Waals surface area contributed by atoms with E-state index in [2.05, 4.69) is 15.2 Å². The van der Waals surface area contributed by atoms with Crippen molar-refractivity contribution in [3.63, 3.8) is 0 Å². The molecule has 0 aromatic heterocycles. The molecule has 3 aliphatic rings. The van der Waals surface area contributed by atoms with Crippen molar-refractivity contribution in [3.05, 3.63) is 58.3 Å². The van der Waals surface area contributed by atoms with E-state index in [0.717, 1.165) is 55.7 Å². The topological polar surface area (TPSA) is 92.7 Å². The SMILES string of the molecule is COCCOC(=O)C1=C(C)N=C2SC=C(CC(=O)NCCCN3CCOCC3)N2[C@@H]1c1ccccc1. The summed E-state index contributed by atoms with van der Waals surface area (Å²) in [5.41, 5.74) is 2.84. The lowest BCUT2D eigenvalue weighted by atomic mass is 9.94. The van der Waals surface area contributed by atoms with Crippen LogP contribution in [0.5, 0.6) is 0 Å². The third-order valence-electron chi connectivity index (χ3n) is 6.28. The smallest absolute Gasteiger partial charge is 0.338 e. The van der Waals surface area contributed by atoms with Gasteiger partial charge >= 0.3 is 5.97 Å². The van der Waals surface area contributed by atoms with Gasteiger partial charge in [-0.25, -0.2) is 9.79 Å². The van der Waals surface area contributed by atoms with Gasteiger partial charge in [-0.2, -0.15) is 0 Å². The lowest BCUT2D eigenvalue weighted by Crippen LogP contribution is -2.39. The predicted octanol–water partition coefficient (Wildman–Crippen LogP) is 2.68. The van der Waals surface area contributed by atoms with Crippen molar-refractivity contribution in [3.8, 4) is 0 Å². The number of carbonyl (C=O) groups is 2. The van der Waals surface area contributed by atoms with Gasteiger partial charge in [0.1, 0.15) is 6.61 Å². The molecule has 1 amide bonds. The van der Waals surface area contributed by atoms with Gasteiger partial charge in [0.2, 0.25) is 5.91 Å². The number of thioether (sulfide) groups is 1. The highest BCUT2D eigenvalue weighted by Gasteiger charge is 2.41. The zero-order chi connectivity index (χ0) is 25.3. The van der Waals surface area contributed by atoms with E-state index in [1.54, 1.807) is 7.11 Å².